The highest BCUT2D eigenvalue weighted by Gasteiger charge is 2.33. The number of halogens is 1. The van der Waals surface area contributed by atoms with Gasteiger partial charge in [0.1, 0.15) is 16.2 Å². The van der Waals surface area contributed by atoms with E-state index in [1.165, 1.54) is 0 Å². The van der Waals surface area contributed by atoms with Crippen molar-refractivity contribution in [3.05, 3.63) is 28.4 Å². The van der Waals surface area contributed by atoms with E-state index in [9.17, 15) is 8.42 Å². The number of rotatable bonds is 2. The van der Waals surface area contributed by atoms with E-state index in [1.54, 1.807) is 6.92 Å². The van der Waals surface area contributed by atoms with Gasteiger partial charge in [-0.15, -0.1) is 0 Å². The lowest BCUT2D eigenvalue weighted by Crippen LogP contribution is -2.24. The molecule has 3 rings (SSSR count). The van der Waals surface area contributed by atoms with Crippen LogP contribution in [0.2, 0.25) is 0 Å². The molecule has 0 radical (unpaired) electrons. The van der Waals surface area contributed by atoms with Crippen molar-refractivity contribution >= 4 is 36.7 Å². The SMILES string of the molecule is Cc1oc2ccc(Br)cc2c1S(=O)(=O)C1CCCCC1. The average Bonchev–Trinajstić information content (AvgIpc) is 2.75. The van der Waals surface area contributed by atoms with Crippen molar-refractivity contribution < 1.29 is 12.8 Å². The predicted molar refractivity (Wildman–Crippen MR) is 82.7 cm³/mol. The Morgan fingerprint density at radius 1 is 1.20 bits per heavy atom. The van der Waals surface area contributed by atoms with E-state index in [1.807, 2.05) is 18.2 Å². The van der Waals surface area contributed by atoms with E-state index in [2.05, 4.69) is 15.9 Å². The van der Waals surface area contributed by atoms with Crippen LogP contribution in [0.5, 0.6) is 0 Å². The number of hydrogen-bond acceptors (Lipinski definition) is 3. The molecular formula is C15H17BrO3S. The van der Waals surface area contributed by atoms with Crippen LogP contribution in [0.25, 0.3) is 11.0 Å². The maximum Gasteiger partial charge on any atom is 0.185 e. The topological polar surface area (TPSA) is 47.3 Å². The number of furan rings is 1. The molecule has 0 atom stereocenters. The summed E-state index contributed by atoms with van der Waals surface area (Å²) in [5, 5.41) is 0.442. The Morgan fingerprint density at radius 3 is 2.60 bits per heavy atom. The van der Waals surface area contributed by atoms with Gasteiger partial charge in [0, 0.05) is 9.86 Å². The lowest BCUT2D eigenvalue weighted by Gasteiger charge is -2.21. The molecule has 0 unspecified atom stereocenters. The Morgan fingerprint density at radius 2 is 1.90 bits per heavy atom. The second kappa shape index (κ2) is 5.19. The molecule has 1 heterocycles. The van der Waals surface area contributed by atoms with E-state index in [0.717, 1.165) is 36.6 Å². The van der Waals surface area contributed by atoms with Crippen LogP contribution in [0.1, 0.15) is 37.9 Å². The normalized spacial score (nSPS) is 17.7. The molecule has 1 aliphatic rings. The van der Waals surface area contributed by atoms with Crippen molar-refractivity contribution in [2.75, 3.05) is 0 Å². The lowest BCUT2D eigenvalue weighted by atomic mass is 10.0. The highest BCUT2D eigenvalue weighted by molar-refractivity contribution is 9.10. The summed E-state index contributed by atoms with van der Waals surface area (Å²) in [4.78, 5) is 0.390. The average molecular weight is 357 g/mol. The summed E-state index contributed by atoms with van der Waals surface area (Å²) >= 11 is 3.40. The molecule has 20 heavy (non-hydrogen) atoms. The standard InChI is InChI=1S/C15H17BrO3S/c1-10-15(13-9-11(16)7-8-14(13)19-10)20(17,18)12-5-3-2-4-6-12/h7-9,12H,2-6H2,1H3. The highest BCUT2D eigenvalue weighted by Crippen LogP contribution is 2.37. The second-order valence-electron chi connectivity index (χ2n) is 5.43. The molecule has 0 spiro atoms. The Bertz CT molecular complexity index is 740. The Labute approximate surface area is 127 Å². The monoisotopic (exact) mass is 356 g/mol. The van der Waals surface area contributed by atoms with Gasteiger partial charge >= 0.3 is 0 Å². The van der Waals surface area contributed by atoms with Crippen LogP contribution in [0.15, 0.2) is 32.0 Å². The zero-order chi connectivity index (χ0) is 14.3. The quantitative estimate of drug-likeness (QED) is 0.789. The van der Waals surface area contributed by atoms with Gasteiger partial charge in [0.05, 0.1) is 5.25 Å². The minimum Gasteiger partial charge on any atom is -0.460 e. The van der Waals surface area contributed by atoms with Crippen molar-refractivity contribution in [2.45, 2.75) is 49.2 Å². The summed E-state index contributed by atoms with van der Waals surface area (Å²) in [5.41, 5.74) is 0.639. The zero-order valence-electron chi connectivity index (χ0n) is 11.4. The minimum atomic E-state index is -3.31. The summed E-state index contributed by atoms with van der Waals surface area (Å²) in [7, 11) is -3.31. The number of fused-ring (bicyclic) bond motifs is 1. The van der Waals surface area contributed by atoms with Gasteiger partial charge in [-0.2, -0.15) is 0 Å². The van der Waals surface area contributed by atoms with Crippen molar-refractivity contribution in [3.63, 3.8) is 0 Å². The molecule has 1 aromatic carbocycles. The first-order chi connectivity index (χ1) is 9.50. The maximum atomic E-state index is 12.9. The fourth-order valence-corrected chi connectivity index (χ4v) is 5.62. The van der Waals surface area contributed by atoms with Crippen LogP contribution in [0.4, 0.5) is 0 Å². The van der Waals surface area contributed by atoms with Crippen LogP contribution < -0.4 is 0 Å². The zero-order valence-corrected chi connectivity index (χ0v) is 13.8. The molecule has 1 fully saturated rings. The Hall–Kier alpha value is -0.810. The van der Waals surface area contributed by atoms with Crippen molar-refractivity contribution in [2.24, 2.45) is 0 Å². The third-order valence-electron chi connectivity index (χ3n) is 4.04. The first kappa shape index (κ1) is 14.1. The predicted octanol–water partition coefficient (Wildman–Crippen LogP) is 4.61. The highest BCUT2D eigenvalue weighted by atomic mass is 79.9. The first-order valence-corrected chi connectivity index (χ1v) is 9.26. The molecule has 108 valence electrons. The molecule has 0 N–H and O–H groups in total. The van der Waals surface area contributed by atoms with Gasteiger partial charge in [-0.05, 0) is 38.0 Å². The molecule has 1 aliphatic carbocycles. The van der Waals surface area contributed by atoms with Gasteiger partial charge in [0.15, 0.2) is 9.84 Å². The van der Waals surface area contributed by atoms with Crippen molar-refractivity contribution in [1.82, 2.24) is 0 Å². The van der Waals surface area contributed by atoms with E-state index in [-0.39, 0.29) is 5.25 Å². The van der Waals surface area contributed by atoms with Crippen LogP contribution >= 0.6 is 15.9 Å². The summed E-state index contributed by atoms with van der Waals surface area (Å²) < 4.78 is 32.3. The molecule has 0 aliphatic heterocycles. The molecule has 0 bridgehead atoms. The van der Waals surface area contributed by atoms with Gasteiger partial charge < -0.3 is 4.42 Å². The summed E-state index contributed by atoms with van der Waals surface area (Å²) in [6.07, 6.45) is 4.68. The van der Waals surface area contributed by atoms with Crippen LogP contribution in [0, 0.1) is 6.92 Å². The lowest BCUT2D eigenvalue weighted by molar-refractivity contribution is 0.481. The van der Waals surface area contributed by atoms with E-state index in [0.29, 0.717) is 21.6 Å². The first-order valence-electron chi connectivity index (χ1n) is 6.92. The molecule has 5 heteroatoms. The number of aryl methyl sites for hydroxylation is 1. The van der Waals surface area contributed by atoms with Gasteiger partial charge in [-0.1, -0.05) is 35.2 Å². The number of benzene rings is 1. The van der Waals surface area contributed by atoms with Crippen LogP contribution in [0.3, 0.4) is 0 Å². The number of sulfone groups is 1. The molecule has 3 nitrogen and oxygen atoms in total. The Balaban J connectivity index is 2.17. The van der Waals surface area contributed by atoms with Gasteiger partial charge in [-0.25, -0.2) is 8.42 Å². The van der Waals surface area contributed by atoms with E-state index in [4.69, 9.17) is 4.42 Å². The van der Waals surface area contributed by atoms with Crippen molar-refractivity contribution in [1.29, 1.82) is 0 Å². The summed E-state index contributed by atoms with van der Waals surface area (Å²) in [5.74, 6) is 0.503. The summed E-state index contributed by atoms with van der Waals surface area (Å²) in [6.45, 7) is 1.74. The van der Waals surface area contributed by atoms with Crippen LogP contribution in [-0.4, -0.2) is 13.7 Å². The Kier molecular flexibility index (Phi) is 3.67. The van der Waals surface area contributed by atoms with E-state index >= 15 is 0 Å². The maximum absolute atomic E-state index is 12.9. The fourth-order valence-electron chi connectivity index (χ4n) is 3.07. The molecule has 2 aromatic rings. The molecule has 1 aromatic heterocycles. The van der Waals surface area contributed by atoms with Gasteiger partial charge in [-0.3, -0.25) is 0 Å². The largest absolute Gasteiger partial charge is 0.460 e. The molecule has 0 amide bonds. The molecule has 1 saturated carbocycles. The summed E-state index contributed by atoms with van der Waals surface area (Å²) in [6, 6.07) is 5.51. The molecular weight excluding hydrogens is 340 g/mol. The van der Waals surface area contributed by atoms with Crippen molar-refractivity contribution in [3.8, 4) is 0 Å². The minimum absolute atomic E-state index is 0.255. The molecule has 0 saturated heterocycles. The third kappa shape index (κ3) is 2.31. The van der Waals surface area contributed by atoms with Crippen LogP contribution in [-0.2, 0) is 9.84 Å². The van der Waals surface area contributed by atoms with Gasteiger partial charge in [0.2, 0.25) is 0 Å². The third-order valence-corrected chi connectivity index (χ3v) is 6.96. The van der Waals surface area contributed by atoms with Gasteiger partial charge in [0.25, 0.3) is 0 Å². The number of hydrogen-bond donors (Lipinski definition) is 0. The second-order valence-corrected chi connectivity index (χ2v) is 8.51. The fraction of sp³-hybridized carbons (Fsp3) is 0.467. The van der Waals surface area contributed by atoms with E-state index < -0.39 is 9.84 Å². The smallest absolute Gasteiger partial charge is 0.185 e.